The maximum Gasteiger partial charge on any atom is 0.349 e. The van der Waals surface area contributed by atoms with Crippen molar-refractivity contribution in [3.63, 3.8) is 0 Å². The van der Waals surface area contributed by atoms with Gasteiger partial charge in [0.15, 0.2) is 6.61 Å². The molecule has 0 N–H and O–H groups in total. The largest absolute Gasteiger partial charge is 0.481 e. The van der Waals surface area contributed by atoms with Crippen LogP contribution in [0.25, 0.3) is 22.4 Å². The molecule has 1 aromatic heterocycles. The van der Waals surface area contributed by atoms with Crippen molar-refractivity contribution in [3.05, 3.63) is 114 Å². The van der Waals surface area contributed by atoms with Gasteiger partial charge in [0, 0.05) is 12.1 Å². The van der Waals surface area contributed by atoms with Gasteiger partial charge in [-0.25, -0.2) is 9.78 Å². The molecule has 0 saturated carbocycles. The van der Waals surface area contributed by atoms with Crippen molar-refractivity contribution in [1.29, 1.82) is 0 Å². The average Bonchev–Trinajstić information content (AvgIpc) is 3.23. The summed E-state index contributed by atoms with van der Waals surface area (Å²) >= 11 is 0. The van der Waals surface area contributed by atoms with Crippen LogP contribution in [0.1, 0.15) is 16.7 Å². The molecular formula is C30H26N2O3. The molecule has 0 amide bonds. The van der Waals surface area contributed by atoms with Crippen LogP contribution in [-0.4, -0.2) is 22.1 Å². The fraction of sp³-hybridized carbons (Fsp3) is 0.133. The Morgan fingerprint density at radius 1 is 0.800 bits per heavy atom. The van der Waals surface area contributed by atoms with Crippen molar-refractivity contribution in [1.82, 2.24) is 9.55 Å². The molecule has 0 bridgehead atoms. The smallest absolute Gasteiger partial charge is 0.349 e. The van der Waals surface area contributed by atoms with Crippen molar-refractivity contribution in [3.8, 4) is 22.9 Å². The van der Waals surface area contributed by atoms with Crippen molar-refractivity contribution in [2.24, 2.45) is 0 Å². The summed E-state index contributed by atoms with van der Waals surface area (Å²) in [7, 11) is 0. The second kappa shape index (κ2) is 9.85. The summed E-state index contributed by atoms with van der Waals surface area (Å²) in [6, 6.07) is 31.8. The quantitative estimate of drug-likeness (QED) is 0.209. The van der Waals surface area contributed by atoms with Crippen LogP contribution in [0.5, 0.6) is 11.5 Å². The van der Waals surface area contributed by atoms with Crippen LogP contribution in [0.2, 0.25) is 0 Å². The summed E-state index contributed by atoms with van der Waals surface area (Å²) < 4.78 is 13.4. The molecule has 5 aromatic rings. The van der Waals surface area contributed by atoms with Crippen molar-refractivity contribution in [2.75, 3.05) is 6.61 Å². The number of hydrogen-bond acceptors (Lipinski definition) is 4. The van der Waals surface area contributed by atoms with Crippen molar-refractivity contribution in [2.45, 2.75) is 20.4 Å². The molecule has 0 spiro atoms. The number of ether oxygens (including phenoxy) is 2. The molecule has 5 heteroatoms. The average molecular weight is 463 g/mol. The Hall–Kier alpha value is -4.38. The number of aryl methyl sites for hydroxylation is 2. The van der Waals surface area contributed by atoms with Crippen molar-refractivity contribution >= 4 is 17.0 Å². The first kappa shape index (κ1) is 22.4. The Morgan fingerprint density at radius 3 is 2.23 bits per heavy atom. The van der Waals surface area contributed by atoms with Gasteiger partial charge in [0.1, 0.15) is 17.3 Å². The van der Waals surface area contributed by atoms with Gasteiger partial charge in [-0.2, -0.15) is 0 Å². The second-order valence-corrected chi connectivity index (χ2v) is 8.50. The molecule has 0 saturated heterocycles. The molecular weight excluding hydrogens is 436 g/mol. The molecule has 0 fully saturated rings. The molecule has 174 valence electrons. The Kier molecular flexibility index (Phi) is 6.31. The van der Waals surface area contributed by atoms with E-state index in [2.05, 4.69) is 22.8 Å². The standard InChI is InChI=1S/C30H26N2O3/c1-21-9-8-10-22(2)29(21)34-20-28(33)35-25-17-15-24(16-18-25)30-31-26-13-6-7-14-27(26)32(30)19-23-11-4-3-5-12-23/h3-18H,19-20H2,1-2H3. The molecule has 1 heterocycles. The lowest BCUT2D eigenvalue weighted by Crippen LogP contribution is -2.18. The number of nitrogens with zero attached hydrogens (tertiary/aromatic N) is 2. The summed E-state index contributed by atoms with van der Waals surface area (Å²) in [6.45, 7) is 4.47. The molecule has 35 heavy (non-hydrogen) atoms. The van der Waals surface area contributed by atoms with E-state index in [9.17, 15) is 4.79 Å². The third kappa shape index (κ3) is 4.94. The van der Waals surface area contributed by atoms with E-state index in [4.69, 9.17) is 14.5 Å². The van der Waals surface area contributed by atoms with Gasteiger partial charge in [-0.15, -0.1) is 0 Å². The number of para-hydroxylation sites is 3. The Balaban J connectivity index is 1.34. The number of hydrogen-bond donors (Lipinski definition) is 0. The van der Waals surface area contributed by atoms with Gasteiger partial charge in [-0.3, -0.25) is 0 Å². The zero-order valence-corrected chi connectivity index (χ0v) is 19.8. The third-order valence-corrected chi connectivity index (χ3v) is 5.93. The fourth-order valence-corrected chi connectivity index (χ4v) is 4.21. The third-order valence-electron chi connectivity index (χ3n) is 5.93. The predicted octanol–water partition coefficient (Wildman–Crippen LogP) is 6.35. The fourth-order valence-electron chi connectivity index (χ4n) is 4.21. The topological polar surface area (TPSA) is 53.4 Å². The van der Waals surface area contributed by atoms with E-state index in [1.807, 2.05) is 80.6 Å². The molecule has 0 aliphatic heterocycles. The van der Waals surface area contributed by atoms with Crippen molar-refractivity contribution < 1.29 is 14.3 Å². The molecule has 0 aliphatic carbocycles. The van der Waals surface area contributed by atoms with Gasteiger partial charge in [-0.1, -0.05) is 60.7 Å². The highest BCUT2D eigenvalue weighted by Crippen LogP contribution is 2.28. The highest BCUT2D eigenvalue weighted by atomic mass is 16.6. The lowest BCUT2D eigenvalue weighted by atomic mass is 10.1. The van der Waals surface area contributed by atoms with Gasteiger partial charge >= 0.3 is 5.97 Å². The molecule has 4 aromatic carbocycles. The molecule has 5 rings (SSSR count). The first-order chi connectivity index (χ1) is 17.1. The molecule has 0 aliphatic rings. The first-order valence-electron chi connectivity index (χ1n) is 11.6. The summed E-state index contributed by atoms with van der Waals surface area (Å²) in [5, 5.41) is 0. The zero-order valence-electron chi connectivity index (χ0n) is 19.8. The number of aromatic nitrogens is 2. The van der Waals surface area contributed by atoms with E-state index < -0.39 is 5.97 Å². The van der Waals surface area contributed by atoms with Crippen LogP contribution in [0, 0.1) is 13.8 Å². The number of imidazole rings is 1. The Bertz CT molecular complexity index is 1450. The van der Waals surface area contributed by atoms with E-state index in [0.717, 1.165) is 39.3 Å². The normalized spacial score (nSPS) is 10.9. The van der Waals surface area contributed by atoms with E-state index in [0.29, 0.717) is 12.3 Å². The molecule has 0 unspecified atom stereocenters. The number of carbonyl (C=O) groups is 1. The molecule has 0 radical (unpaired) electrons. The second-order valence-electron chi connectivity index (χ2n) is 8.50. The summed E-state index contributed by atoms with van der Waals surface area (Å²) in [5.41, 5.74) is 6.14. The van der Waals surface area contributed by atoms with Gasteiger partial charge in [0.2, 0.25) is 0 Å². The maximum atomic E-state index is 12.4. The molecule has 5 nitrogen and oxygen atoms in total. The number of esters is 1. The predicted molar refractivity (Wildman–Crippen MR) is 138 cm³/mol. The van der Waals surface area contributed by atoms with Crippen LogP contribution in [0.3, 0.4) is 0 Å². The van der Waals surface area contributed by atoms with Crippen LogP contribution in [0.4, 0.5) is 0 Å². The van der Waals surface area contributed by atoms with E-state index in [1.54, 1.807) is 12.1 Å². The minimum absolute atomic E-state index is 0.152. The highest BCUT2D eigenvalue weighted by Gasteiger charge is 2.14. The highest BCUT2D eigenvalue weighted by molar-refractivity contribution is 5.81. The van der Waals surface area contributed by atoms with Gasteiger partial charge in [-0.05, 0) is 66.9 Å². The SMILES string of the molecule is Cc1cccc(C)c1OCC(=O)Oc1ccc(-c2nc3ccccc3n2Cc2ccccc2)cc1. The lowest BCUT2D eigenvalue weighted by molar-refractivity contribution is -0.136. The van der Waals surface area contributed by atoms with E-state index in [1.165, 1.54) is 5.56 Å². The number of carbonyl (C=O) groups excluding carboxylic acids is 1. The van der Waals surface area contributed by atoms with Crippen LogP contribution in [-0.2, 0) is 11.3 Å². The zero-order chi connectivity index (χ0) is 24.2. The van der Waals surface area contributed by atoms with Crippen LogP contribution < -0.4 is 9.47 Å². The monoisotopic (exact) mass is 462 g/mol. The maximum absolute atomic E-state index is 12.4. The Morgan fingerprint density at radius 2 is 1.49 bits per heavy atom. The summed E-state index contributed by atoms with van der Waals surface area (Å²) in [5.74, 6) is 1.61. The summed E-state index contributed by atoms with van der Waals surface area (Å²) in [4.78, 5) is 17.3. The first-order valence-corrected chi connectivity index (χ1v) is 11.6. The van der Waals surface area contributed by atoms with E-state index >= 15 is 0 Å². The molecule has 0 atom stereocenters. The number of fused-ring (bicyclic) bond motifs is 1. The van der Waals surface area contributed by atoms with Crippen LogP contribution >= 0.6 is 0 Å². The van der Waals surface area contributed by atoms with Gasteiger partial charge < -0.3 is 14.0 Å². The van der Waals surface area contributed by atoms with Gasteiger partial charge in [0.25, 0.3) is 0 Å². The minimum atomic E-state index is -0.447. The number of rotatable bonds is 7. The summed E-state index contributed by atoms with van der Waals surface area (Å²) in [6.07, 6.45) is 0. The Labute approximate surface area is 204 Å². The van der Waals surface area contributed by atoms with E-state index in [-0.39, 0.29) is 6.61 Å². The minimum Gasteiger partial charge on any atom is -0.481 e. The lowest BCUT2D eigenvalue weighted by Gasteiger charge is -2.12. The van der Waals surface area contributed by atoms with Crippen LogP contribution in [0.15, 0.2) is 97.1 Å². The van der Waals surface area contributed by atoms with Gasteiger partial charge in [0.05, 0.1) is 11.0 Å². The number of benzene rings is 4.